The maximum absolute atomic E-state index is 8.99. The third-order valence-corrected chi connectivity index (χ3v) is 11.3. The van der Waals surface area contributed by atoms with Gasteiger partial charge in [0.25, 0.3) is 0 Å². The van der Waals surface area contributed by atoms with Gasteiger partial charge >= 0.3 is 0 Å². The van der Waals surface area contributed by atoms with Crippen molar-refractivity contribution < 1.29 is 0 Å². The van der Waals surface area contributed by atoms with Crippen molar-refractivity contribution >= 4 is 54.6 Å². The number of nitrogens with one attached hydrogen (secondary N) is 1. The van der Waals surface area contributed by atoms with Gasteiger partial charge in [-0.2, -0.15) is 0 Å². The van der Waals surface area contributed by atoms with E-state index in [0.717, 1.165) is 29.5 Å². The second-order valence-corrected chi connectivity index (χ2v) is 13.5. The number of aromatic nitrogens is 1. The molecule has 0 aliphatic heterocycles. The molecular formula is C46H30N2. The van der Waals surface area contributed by atoms with Gasteiger partial charge in [-0.25, -0.2) is 0 Å². The Balaban J connectivity index is 1.16. The molecule has 0 atom stereocenters. The highest BCUT2D eigenvalue weighted by Crippen LogP contribution is 2.63. The Morgan fingerprint density at radius 1 is 0.583 bits per heavy atom. The fourth-order valence-corrected chi connectivity index (χ4v) is 9.37. The molecule has 1 N–H and O–H groups in total. The lowest BCUT2D eigenvalue weighted by Crippen LogP contribution is -2.27. The minimum absolute atomic E-state index is 0.309. The van der Waals surface area contributed by atoms with Crippen LogP contribution in [-0.4, -0.2) is 10.3 Å². The molecule has 2 heteroatoms. The average Bonchev–Trinajstić information content (AvgIpc) is 3.76. The standard InChI is InChI=1S/C46H30N2/c47-45(30-10-2-1-3-11-30)31-22-25-42-36(26-31)34-15-5-7-19-41(34)48(42)32-23-24-38-35(27-32)33-14-4-6-16-37(33)46(38)39-17-8-12-28-20-21-29-13-9-18-40(46)44(29)43(28)39/h1-3,5-13,15-27,47H,4,14H2. The van der Waals surface area contributed by atoms with Crippen LogP contribution in [0.4, 0.5) is 0 Å². The number of allylic oxidation sites excluding steroid dienone is 4. The highest BCUT2D eigenvalue weighted by Gasteiger charge is 2.51. The Hall–Kier alpha value is -5.99. The third kappa shape index (κ3) is 3.15. The van der Waals surface area contributed by atoms with Gasteiger partial charge in [-0.05, 0) is 104 Å². The normalized spacial score (nSPS) is 15.4. The number of benzene rings is 7. The van der Waals surface area contributed by atoms with Crippen molar-refractivity contribution in [2.75, 3.05) is 0 Å². The zero-order valence-corrected chi connectivity index (χ0v) is 26.3. The number of hydrogen-bond acceptors (Lipinski definition) is 1. The van der Waals surface area contributed by atoms with Gasteiger partial charge in [0.05, 0.1) is 22.2 Å². The summed E-state index contributed by atoms with van der Waals surface area (Å²) >= 11 is 0. The van der Waals surface area contributed by atoms with Crippen LogP contribution in [0.3, 0.4) is 0 Å². The first-order chi connectivity index (χ1) is 23.7. The first kappa shape index (κ1) is 26.1. The largest absolute Gasteiger partial charge is 0.309 e. The van der Waals surface area contributed by atoms with Crippen molar-refractivity contribution in [2.24, 2.45) is 0 Å². The Morgan fingerprint density at radius 2 is 1.31 bits per heavy atom. The predicted molar refractivity (Wildman–Crippen MR) is 200 cm³/mol. The number of rotatable bonds is 3. The van der Waals surface area contributed by atoms with Gasteiger partial charge < -0.3 is 4.57 Å². The van der Waals surface area contributed by atoms with Gasteiger partial charge in [0.1, 0.15) is 0 Å². The minimum Gasteiger partial charge on any atom is -0.309 e. The van der Waals surface area contributed by atoms with Crippen molar-refractivity contribution in [1.29, 1.82) is 5.41 Å². The molecule has 3 aliphatic rings. The fraction of sp³-hybridized carbons (Fsp3) is 0.0652. The molecule has 1 heterocycles. The zero-order chi connectivity index (χ0) is 31.6. The Morgan fingerprint density at radius 3 is 2.10 bits per heavy atom. The molecule has 0 radical (unpaired) electrons. The molecule has 8 aromatic rings. The van der Waals surface area contributed by atoms with Gasteiger partial charge in [-0.15, -0.1) is 0 Å². The predicted octanol–water partition coefficient (Wildman–Crippen LogP) is 11.3. The molecule has 0 unspecified atom stereocenters. The van der Waals surface area contributed by atoms with E-state index in [1.165, 1.54) is 76.9 Å². The van der Waals surface area contributed by atoms with E-state index in [1.54, 1.807) is 0 Å². The van der Waals surface area contributed by atoms with Crippen LogP contribution in [0.2, 0.25) is 0 Å². The van der Waals surface area contributed by atoms with E-state index in [0.29, 0.717) is 5.71 Å². The van der Waals surface area contributed by atoms with Gasteiger partial charge in [-0.3, -0.25) is 5.41 Å². The van der Waals surface area contributed by atoms with Gasteiger partial charge in [0.15, 0.2) is 0 Å². The second kappa shape index (κ2) is 9.30. The lowest BCUT2D eigenvalue weighted by atomic mass is 9.68. The van der Waals surface area contributed by atoms with E-state index >= 15 is 0 Å². The summed E-state index contributed by atoms with van der Waals surface area (Å²) in [4.78, 5) is 0. The van der Waals surface area contributed by atoms with Crippen LogP contribution in [0.5, 0.6) is 0 Å². The quantitative estimate of drug-likeness (QED) is 0.152. The van der Waals surface area contributed by atoms with Gasteiger partial charge in [0, 0.05) is 22.0 Å². The van der Waals surface area contributed by atoms with Gasteiger partial charge in [-0.1, -0.05) is 121 Å². The van der Waals surface area contributed by atoms with Crippen molar-refractivity contribution in [3.05, 3.63) is 191 Å². The second-order valence-electron chi connectivity index (χ2n) is 13.5. The summed E-state index contributed by atoms with van der Waals surface area (Å²) in [7, 11) is 0. The molecule has 48 heavy (non-hydrogen) atoms. The fourth-order valence-electron chi connectivity index (χ4n) is 9.37. The van der Waals surface area contributed by atoms with Crippen LogP contribution in [0.15, 0.2) is 157 Å². The maximum Gasteiger partial charge on any atom is 0.0722 e. The van der Waals surface area contributed by atoms with Crippen LogP contribution >= 0.6 is 0 Å². The zero-order valence-electron chi connectivity index (χ0n) is 26.3. The Bertz CT molecular complexity index is 2730. The third-order valence-electron chi connectivity index (χ3n) is 11.3. The van der Waals surface area contributed by atoms with Crippen LogP contribution in [0, 0.1) is 5.41 Å². The summed E-state index contributed by atoms with van der Waals surface area (Å²) in [5.41, 5.74) is 14.2. The summed E-state index contributed by atoms with van der Waals surface area (Å²) in [6, 6.07) is 50.9. The average molecular weight is 611 g/mol. The van der Waals surface area contributed by atoms with E-state index in [1.807, 2.05) is 30.3 Å². The molecule has 0 fully saturated rings. The number of hydrogen-bond donors (Lipinski definition) is 1. The Kier molecular flexibility index (Phi) is 5.06. The van der Waals surface area contributed by atoms with E-state index < -0.39 is 0 Å². The highest BCUT2D eigenvalue weighted by atomic mass is 15.0. The van der Waals surface area contributed by atoms with Crippen molar-refractivity contribution in [3.63, 3.8) is 0 Å². The molecule has 0 bridgehead atoms. The number of fused-ring (bicyclic) bond motifs is 9. The SMILES string of the molecule is N=C(c1ccccc1)c1ccc2c(c1)c1ccccc1n2-c1ccc2c(c1)C1=C(C=CCC1)C21c2cccc3ccc4cccc1c4c23. The van der Waals surface area contributed by atoms with Crippen LogP contribution in [0.1, 0.15) is 46.2 Å². The molecular weight excluding hydrogens is 581 g/mol. The smallest absolute Gasteiger partial charge is 0.0722 e. The van der Waals surface area contributed by atoms with Crippen molar-refractivity contribution in [1.82, 2.24) is 4.57 Å². The molecule has 0 saturated carbocycles. The van der Waals surface area contributed by atoms with E-state index in [2.05, 4.69) is 126 Å². The topological polar surface area (TPSA) is 28.8 Å². The number of para-hydroxylation sites is 1. The Labute approximate surface area is 278 Å². The number of nitrogens with zero attached hydrogens (tertiary/aromatic N) is 1. The first-order valence-electron chi connectivity index (χ1n) is 16.9. The van der Waals surface area contributed by atoms with Crippen LogP contribution in [-0.2, 0) is 5.41 Å². The van der Waals surface area contributed by atoms with E-state index in [9.17, 15) is 0 Å². The van der Waals surface area contributed by atoms with Crippen LogP contribution in [0.25, 0.3) is 54.6 Å². The molecule has 2 nitrogen and oxygen atoms in total. The van der Waals surface area contributed by atoms with Crippen molar-refractivity contribution in [3.8, 4) is 5.69 Å². The molecule has 1 aromatic heterocycles. The summed E-state index contributed by atoms with van der Waals surface area (Å²) < 4.78 is 2.43. The molecule has 224 valence electrons. The van der Waals surface area contributed by atoms with E-state index in [-0.39, 0.29) is 5.41 Å². The van der Waals surface area contributed by atoms with E-state index in [4.69, 9.17) is 5.41 Å². The molecule has 7 aromatic carbocycles. The minimum atomic E-state index is -0.309. The lowest BCUT2D eigenvalue weighted by Gasteiger charge is -2.32. The van der Waals surface area contributed by atoms with Gasteiger partial charge in [0.2, 0.25) is 0 Å². The maximum atomic E-state index is 8.99. The summed E-state index contributed by atoms with van der Waals surface area (Å²) in [5, 5.41) is 16.8. The van der Waals surface area contributed by atoms with Crippen molar-refractivity contribution in [2.45, 2.75) is 18.3 Å². The highest BCUT2D eigenvalue weighted by molar-refractivity contribution is 6.18. The summed E-state index contributed by atoms with van der Waals surface area (Å²) in [6.45, 7) is 0. The molecule has 11 rings (SSSR count). The molecule has 0 amide bonds. The summed E-state index contributed by atoms with van der Waals surface area (Å²) in [6.07, 6.45) is 6.93. The summed E-state index contributed by atoms with van der Waals surface area (Å²) in [5.74, 6) is 0. The molecule has 3 aliphatic carbocycles. The monoisotopic (exact) mass is 610 g/mol. The van der Waals surface area contributed by atoms with Crippen LogP contribution < -0.4 is 0 Å². The molecule has 0 saturated heterocycles. The molecule has 1 spiro atoms. The first-order valence-corrected chi connectivity index (χ1v) is 16.9. The lowest BCUT2D eigenvalue weighted by molar-refractivity contribution is 0.783.